The molecule has 0 saturated heterocycles. The van der Waals surface area contributed by atoms with Crippen molar-refractivity contribution in [2.24, 2.45) is 5.92 Å². The Labute approximate surface area is 80.7 Å². The average molecular weight is 177 g/mol. The number of benzene rings is 1. The van der Waals surface area contributed by atoms with Crippen LogP contribution in [0.3, 0.4) is 0 Å². The molecule has 0 aliphatic rings. The first-order chi connectivity index (χ1) is 6.27. The van der Waals surface area contributed by atoms with E-state index in [1.807, 2.05) is 18.2 Å². The van der Waals surface area contributed by atoms with E-state index >= 15 is 0 Å². The van der Waals surface area contributed by atoms with Gasteiger partial charge < -0.3 is 4.74 Å². The molecule has 1 unspecified atom stereocenters. The van der Waals surface area contributed by atoms with E-state index in [1.54, 1.807) is 7.11 Å². The minimum atomic E-state index is 0.483. The fourth-order valence-electron chi connectivity index (χ4n) is 1.33. The zero-order valence-electron chi connectivity index (χ0n) is 8.42. The molecule has 13 heavy (non-hydrogen) atoms. The van der Waals surface area contributed by atoms with Crippen LogP contribution >= 0.6 is 0 Å². The Morgan fingerprint density at radius 2 is 2.08 bits per heavy atom. The molecule has 0 amide bonds. The van der Waals surface area contributed by atoms with Crippen molar-refractivity contribution < 1.29 is 4.74 Å². The molecule has 1 rings (SSSR count). The van der Waals surface area contributed by atoms with Gasteiger partial charge in [0.2, 0.25) is 0 Å². The van der Waals surface area contributed by atoms with E-state index in [2.05, 4.69) is 19.9 Å². The van der Waals surface area contributed by atoms with Gasteiger partial charge in [-0.25, -0.2) is 0 Å². The Kier molecular flexibility index (Phi) is 3.81. The van der Waals surface area contributed by atoms with Gasteiger partial charge in [0.15, 0.2) is 0 Å². The highest BCUT2D eigenvalue weighted by atomic mass is 16.5. The van der Waals surface area contributed by atoms with Gasteiger partial charge in [-0.1, -0.05) is 31.5 Å². The van der Waals surface area contributed by atoms with Gasteiger partial charge in [-0.15, -0.1) is 0 Å². The first-order valence-corrected chi connectivity index (χ1v) is 4.73. The lowest BCUT2D eigenvalue weighted by Gasteiger charge is -2.11. The Balaban J connectivity index is 2.74. The zero-order chi connectivity index (χ0) is 9.68. The Bertz CT molecular complexity index is 255. The van der Waals surface area contributed by atoms with Crippen molar-refractivity contribution >= 4 is 0 Å². The molecule has 71 valence electrons. The standard InChI is InChI=1S/C12H17O/c1-4-10(2)9-11-7-5-6-8-12(11)13-3/h5-8,10H,2,4,9H2,1,3H3. The van der Waals surface area contributed by atoms with Gasteiger partial charge in [0.05, 0.1) is 7.11 Å². The molecule has 0 bridgehead atoms. The van der Waals surface area contributed by atoms with Crippen LogP contribution in [0.4, 0.5) is 0 Å². The predicted octanol–water partition coefficient (Wildman–Crippen LogP) is 3.10. The Morgan fingerprint density at radius 3 is 2.69 bits per heavy atom. The molecule has 1 heteroatoms. The molecule has 0 N–H and O–H groups in total. The lowest BCUT2D eigenvalue weighted by Crippen LogP contribution is -2.00. The molecule has 0 aromatic heterocycles. The summed E-state index contributed by atoms with van der Waals surface area (Å²) in [5, 5.41) is 0. The molecule has 1 nitrogen and oxygen atoms in total. The van der Waals surface area contributed by atoms with Crippen LogP contribution in [0.15, 0.2) is 24.3 Å². The molecular weight excluding hydrogens is 160 g/mol. The summed E-state index contributed by atoms with van der Waals surface area (Å²) in [7, 11) is 1.71. The second-order valence-corrected chi connectivity index (χ2v) is 3.29. The predicted molar refractivity (Wildman–Crippen MR) is 55.8 cm³/mol. The van der Waals surface area contributed by atoms with Crippen molar-refractivity contribution in [3.05, 3.63) is 36.8 Å². The minimum absolute atomic E-state index is 0.483. The lowest BCUT2D eigenvalue weighted by atomic mass is 9.98. The van der Waals surface area contributed by atoms with E-state index < -0.39 is 0 Å². The second kappa shape index (κ2) is 4.90. The fourth-order valence-corrected chi connectivity index (χ4v) is 1.33. The van der Waals surface area contributed by atoms with Crippen molar-refractivity contribution in [3.63, 3.8) is 0 Å². The van der Waals surface area contributed by atoms with Gasteiger partial charge in [-0.3, -0.25) is 0 Å². The van der Waals surface area contributed by atoms with Crippen LogP contribution in [0.25, 0.3) is 0 Å². The zero-order valence-corrected chi connectivity index (χ0v) is 8.42. The summed E-state index contributed by atoms with van der Waals surface area (Å²) >= 11 is 0. The monoisotopic (exact) mass is 177 g/mol. The number of rotatable bonds is 4. The summed E-state index contributed by atoms with van der Waals surface area (Å²) in [5.74, 6) is 1.46. The number of hydrogen-bond acceptors (Lipinski definition) is 1. The summed E-state index contributed by atoms with van der Waals surface area (Å²) in [5.41, 5.74) is 1.26. The topological polar surface area (TPSA) is 9.23 Å². The van der Waals surface area contributed by atoms with Crippen molar-refractivity contribution in [2.75, 3.05) is 7.11 Å². The molecule has 0 spiro atoms. The molecule has 1 aromatic carbocycles. The molecule has 0 fully saturated rings. The van der Waals surface area contributed by atoms with E-state index in [-0.39, 0.29) is 0 Å². The molecule has 1 radical (unpaired) electrons. The van der Waals surface area contributed by atoms with E-state index in [9.17, 15) is 0 Å². The number of para-hydroxylation sites is 1. The third-order valence-electron chi connectivity index (χ3n) is 2.28. The maximum Gasteiger partial charge on any atom is 0.122 e. The van der Waals surface area contributed by atoms with Crippen molar-refractivity contribution in [3.8, 4) is 5.75 Å². The first kappa shape index (κ1) is 10.1. The molecule has 0 aliphatic carbocycles. The SMILES string of the molecule is [CH2]C(CC)Cc1ccccc1OC. The smallest absolute Gasteiger partial charge is 0.122 e. The van der Waals surface area contributed by atoms with Gasteiger partial charge >= 0.3 is 0 Å². The molecule has 0 aliphatic heterocycles. The van der Waals surface area contributed by atoms with Crippen molar-refractivity contribution in [1.29, 1.82) is 0 Å². The van der Waals surface area contributed by atoms with Crippen molar-refractivity contribution in [2.45, 2.75) is 19.8 Å². The summed E-state index contributed by atoms with van der Waals surface area (Å²) < 4.78 is 5.26. The van der Waals surface area contributed by atoms with Gasteiger partial charge in [-0.05, 0) is 30.9 Å². The van der Waals surface area contributed by atoms with Gasteiger partial charge in [0, 0.05) is 0 Å². The lowest BCUT2D eigenvalue weighted by molar-refractivity contribution is 0.406. The molecule has 0 saturated carbocycles. The van der Waals surface area contributed by atoms with Gasteiger partial charge in [0.1, 0.15) is 5.75 Å². The van der Waals surface area contributed by atoms with Crippen LogP contribution in [0.1, 0.15) is 18.9 Å². The number of hydrogen-bond donors (Lipinski definition) is 0. The first-order valence-electron chi connectivity index (χ1n) is 4.73. The number of methoxy groups -OCH3 is 1. The fraction of sp³-hybridized carbons (Fsp3) is 0.417. The van der Waals surface area contributed by atoms with E-state index in [4.69, 9.17) is 4.74 Å². The summed E-state index contributed by atoms with van der Waals surface area (Å²) in [6, 6.07) is 8.14. The quantitative estimate of drug-likeness (QED) is 0.686. The maximum atomic E-state index is 5.26. The van der Waals surface area contributed by atoms with Gasteiger partial charge in [0.25, 0.3) is 0 Å². The normalized spacial score (nSPS) is 12.5. The van der Waals surface area contributed by atoms with E-state index in [0.29, 0.717) is 5.92 Å². The summed E-state index contributed by atoms with van der Waals surface area (Å²) in [4.78, 5) is 0. The summed E-state index contributed by atoms with van der Waals surface area (Å²) in [6.45, 7) is 6.23. The highest BCUT2D eigenvalue weighted by Crippen LogP contribution is 2.21. The second-order valence-electron chi connectivity index (χ2n) is 3.29. The molecule has 1 atom stereocenters. The third-order valence-corrected chi connectivity index (χ3v) is 2.28. The van der Waals surface area contributed by atoms with Crippen LogP contribution in [0, 0.1) is 12.8 Å². The molecular formula is C12H17O. The summed E-state index contributed by atoms with van der Waals surface area (Å²) in [6.07, 6.45) is 2.11. The highest BCUT2D eigenvalue weighted by Gasteiger charge is 2.05. The Hall–Kier alpha value is -0.980. The molecule has 0 heterocycles. The largest absolute Gasteiger partial charge is 0.496 e. The van der Waals surface area contributed by atoms with Crippen LogP contribution < -0.4 is 4.74 Å². The highest BCUT2D eigenvalue weighted by molar-refractivity contribution is 5.33. The Morgan fingerprint density at radius 1 is 1.38 bits per heavy atom. The van der Waals surface area contributed by atoms with Crippen LogP contribution in [-0.4, -0.2) is 7.11 Å². The van der Waals surface area contributed by atoms with Crippen LogP contribution in [0.2, 0.25) is 0 Å². The van der Waals surface area contributed by atoms with Crippen LogP contribution in [0.5, 0.6) is 5.75 Å². The van der Waals surface area contributed by atoms with Gasteiger partial charge in [-0.2, -0.15) is 0 Å². The van der Waals surface area contributed by atoms with Crippen molar-refractivity contribution in [1.82, 2.24) is 0 Å². The molecule has 1 aromatic rings. The maximum absolute atomic E-state index is 5.26. The number of ether oxygens (including phenoxy) is 1. The van der Waals surface area contributed by atoms with Crippen LogP contribution in [-0.2, 0) is 6.42 Å². The van der Waals surface area contributed by atoms with E-state index in [0.717, 1.165) is 18.6 Å². The minimum Gasteiger partial charge on any atom is -0.496 e. The average Bonchev–Trinajstić information content (AvgIpc) is 2.18. The third kappa shape index (κ3) is 2.76. The van der Waals surface area contributed by atoms with E-state index in [1.165, 1.54) is 5.56 Å².